The average Bonchev–Trinajstić information content (AvgIpc) is 3.14. The van der Waals surface area contributed by atoms with Gasteiger partial charge in [0.1, 0.15) is 5.37 Å². The minimum absolute atomic E-state index is 0.0637. The molecule has 0 saturated carbocycles. The standard InChI is InChI=1S/C26H34N2O2S/c1-4-5-6-7-8-9-13-24(29)27-22-12-10-11-21(17-22)26-28(25(30)18-31-26)23-15-14-19(2)20(3)16-23/h10-12,14-17,26H,4-9,13,18H2,1-3H3,(H,27,29)/t26-/m1/s1. The van der Waals surface area contributed by atoms with E-state index in [-0.39, 0.29) is 17.2 Å². The maximum atomic E-state index is 12.7. The van der Waals surface area contributed by atoms with Gasteiger partial charge in [-0.15, -0.1) is 11.8 Å². The summed E-state index contributed by atoms with van der Waals surface area (Å²) in [7, 11) is 0. The van der Waals surface area contributed by atoms with Crippen molar-refractivity contribution in [3.05, 3.63) is 59.2 Å². The SMILES string of the molecule is CCCCCCCCC(=O)Nc1cccc([C@H]2SCC(=O)N2c2ccc(C)c(C)c2)c1. The van der Waals surface area contributed by atoms with E-state index >= 15 is 0 Å². The lowest BCUT2D eigenvalue weighted by Crippen LogP contribution is -2.28. The summed E-state index contributed by atoms with van der Waals surface area (Å²) in [6.45, 7) is 6.36. The summed E-state index contributed by atoms with van der Waals surface area (Å²) in [5.74, 6) is 0.649. The summed E-state index contributed by atoms with van der Waals surface area (Å²) in [5.41, 5.74) is 5.16. The highest BCUT2D eigenvalue weighted by molar-refractivity contribution is 8.00. The van der Waals surface area contributed by atoms with E-state index in [2.05, 4.69) is 38.2 Å². The third kappa shape index (κ3) is 6.36. The highest BCUT2D eigenvalue weighted by atomic mass is 32.2. The topological polar surface area (TPSA) is 49.4 Å². The van der Waals surface area contributed by atoms with Crippen LogP contribution in [0.15, 0.2) is 42.5 Å². The highest BCUT2D eigenvalue weighted by Gasteiger charge is 2.34. The fourth-order valence-corrected chi connectivity index (χ4v) is 5.05. The van der Waals surface area contributed by atoms with Gasteiger partial charge >= 0.3 is 0 Å². The smallest absolute Gasteiger partial charge is 0.238 e. The summed E-state index contributed by atoms with van der Waals surface area (Å²) in [6, 6.07) is 14.1. The minimum atomic E-state index is -0.0787. The molecule has 0 aromatic heterocycles. The molecule has 166 valence electrons. The van der Waals surface area contributed by atoms with Crippen molar-refractivity contribution in [3.63, 3.8) is 0 Å². The van der Waals surface area contributed by atoms with E-state index < -0.39 is 0 Å². The number of anilines is 2. The van der Waals surface area contributed by atoms with E-state index in [0.29, 0.717) is 12.2 Å². The van der Waals surface area contributed by atoms with Gasteiger partial charge in [0.2, 0.25) is 11.8 Å². The molecule has 1 aliphatic rings. The summed E-state index contributed by atoms with van der Waals surface area (Å²) in [4.78, 5) is 26.9. The molecule has 4 nitrogen and oxygen atoms in total. The molecule has 1 N–H and O–H groups in total. The second-order valence-electron chi connectivity index (χ2n) is 8.39. The number of benzene rings is 2. The maximum absolute atomic E-state index is 12.7. The Kier molecular flexibility index (Phi) is 8.59. The Bertz CT molecular complexity index is 912. The van der Waals surface area contributed by atoms with E-state index in [4.69, 9.17) is 0 Å². The predicted molar refractivity (Wildman–Crippen MR) is 132 cm³/mol. The van der Waals surface area contributed by atoms with Crippen LogP contribution in [0.2, 0.25) is 0 Å². The Morgan fingerprint density at radius 3 is 2.58 bits per heavy atom. The number of amides is 2. The summed E-state index contributed by atoms with van der Waals surface area (Å²) >= 11 is 1.63. The first-order valence-corrected chi connectivity index (χ1v) is 12.4. The average molecular weight is 439 g/mol. The van der Waals surface area contributed by atoms with Crippen LogP contribution in [0.25, 0.3) is 0 Å². The van der Waals surface area contributed by atoms with Crippen LogP contribution in [0, 0.1) is 13.8 Å². The second kappa shape index (κ2) is 11.4. The Morgan fingerprint density at radius 2 is 1.81 bits per heavy atom. The van der Waals surface area contributed by atoms with Crippen LogP contribution in [0.4, 0.5) is 11.4 Å². The second-order valence-corrected chi connectivity index (χ2v) is 9.46. The number of unbranched alkanes of at least 4 members (excludes halogenated alkanes) is 5. The number of nitrogens with one attached hydrogen (secondary N) is 1. The van der Waals surface area contributed by atoms with Gasteiger partial charge in [-0.25, -0.2) is 0 Å². The molecule has 2 amide bonds. The van der Waals surface area contributed by atoms with Gasteiger partial charge in [0.25, 0.3) is 0 Å². The molecule has 2 aromatic rings. The monoisotopic (exact) mass is 438 g/mol. The molecule has 0 bridgehead atoms. The zero-order valence-corrected chi connectivity index (χ0v) is 19.8. The zero-order chi connectivity index (χ0) is 22.2. The molecule has 31 heavy (non-hydrogen) atoms. The molecular weight excluding hydrogens is 404 g/mol. The molecule has 1 fully saturated rings. The fraction of sp³-hybridized carbons (Fsp3) is 0.462. The zero-order valence-electron chi connectivity index (χ0n) is 18.9. The summed E-state index contributed by atoms with van der Waals surface area (Å²) in [5, 5.41) is 2.96. The number of hydrogen-bond donors (Lipinski definition) is 1. The van der Waals surface area contributed by atoms with Crippen molar-refractivity contribution in [2.45, 2.75) is 71.1 Å². The molecule has 5 heteroatoms. The van der Waals surface area contributed by atoms with Crippen molar-refractivity contribution < 1.29 is 9.59 Å². The lowest BCUT2D eigenvalue weighted by atomic mass is 10.1. The van der Waals surface area contributed by atoms with Gasteiger partial charge in [0.05, 0.1) is 5.75 Å². The summed E-state index contributed by atoms with van der Waals surface area (Å²) in [6.07, 6.45) is 7.58. The van der Waals surface area contributed by atoms with Gasteiger partial charge in [-0.3, -0.25) is 14.5 Å². The first kappa shape index (κ1) is 23.4. The fourth-order valence-electron chi connectivity index (χ4n) is 3.88. The lowest BCUT2D eigenvalue weighted by molar-refractivity contribution is -0.117. The normalized spacial score (nSPS) is 16.0. The molecule has 0 unspecified atom stereocenters. The van der Waals surface area contributed by atoms with E-state index in [1.54, 1.807) is 11.8 Å². The third-order valence-electron chi connectivity index (χ3n) is 5.85. The van der Waals surface area contributed by atoms with Gasteiger partial charge in [-0.05, 0) is 61.2 Å². The molecule has 0 aliphatic carbocycles. The number of carbonyl (C=O) groups is 2. The van der Waals surface area contributed by atoms with Crippen LogP contribution in [0.1, 0.15) is 73.9 Å². The molecule has 2 aromatic carbocycles. The van der Waals surface area contributed by atoms with Crippen molar-refractivity contribution in [2.24, 2.45) is 0 Å². The highest BCUT2D eigenvalue weighted by Crippen LogP contribution is 2.42. The Labute approximate surface area is 190 Å². The van der Waals surface area contributed by atoms with Crippen molar-refractivity contribution >= 4 is 35.0 Å². The van der Waals surface area contributed by atoms with Gasteiger partial charge in [0.15, 0.2) is 0 Å². The first-order valence-electron chi connectivity index (χ1n) is 11.4. The molecule has 0 spiro atoms. The van der Waals surface area contributed by atoms with Crippen LogP contribution in [-0.4, -0.2) is 17.6 Å². The molecule has 1 saturated heterocycles. The molecular formula is C26H34N2O2S. The number of aryl methyl sites for hydroxylation is 2. The maximum Gasteiger partial charge on any atom is 0.238 e. The van der Waals surface area contributed by atoms with E-state index in [9.17, 15) is 9.59 Å². The quantitative estimate of drug-likeness (QED) is 0.416. The number of hydrogen-bond acceptors (Lipinski definition) is 3. The van der Waals surface area contributed by atoms with Crippen LogP contribution in [-0.2, 0) is 9.59 Å². The van der Waals surface area contributed by atoms with Gasteiger partial charge in [0, 0.05) is 17.8 Å². The first-order chi connectivity index (χ1) is 15.0. The van der Waals surface area contributed by atoms with Crippen molar-refractivity contribution in [1.29, 1.82) is 0 Å². The number of rotatable bonds is 10. The Morgan fingerprint density at radius 1 is 1.03 bits per heavy atom. The van der Waals surface area contributed by atoms with Crippen LogP contribution in [0.3, 0.4) is 0 Å². The molecule has 1 heterocycles. The largest absolute Gasteiger partial charge is 0.326 e. The number of nitrogens with zero attached hydrogens (tertiary/aromatic N) is 1. The van der Waals surface area contributed by atoms with Crippen molar-refractivity contribution in [1.82, 2.24) is 0 Å². The summed E-state index contributed by atoms with van der Waals surface area (Å²) < 4.78 is 0. The lowest BCUT2D eigenvalue weighted by Gasteiger charge is -2.25. The van der Waals surface area contributed by atoms with Crippen molar-refractivity contribution in [3.8, 4) is 0 Å². The van der Waals surface area contributed by atoms with Crippen LogP contribution >= 0.6 is 11.8 Å². The number of thioether (sulfide) groups is 1. The Balaban J connectivity index is 1.64. The molecule has 3 rings (SSSR count). The van der Waals surface area contributed by atoms with Gasteiger partial charge < -0.3 is 5.32 Å². The minimum Gasteiger partial charge on any atom is -0.326 e. The van der Waals surface area contributed by atoms with E-state index in [1.807, 2.05) is 35.2 Å². The van der Waals surface area contributed by atoms with E-state index in [1.165, 1.54) is 36.8 Å². The molecule has 0 radical (unpaired) electrons. The van der Waals surface area contributed by atoms with Gasteiger partial charge in [-0.1, -0.05) is 57.2 Å². The van der Waals surface area contributed by atoms with E-state index in [0.717, 1.165) is 29.8 Å². The van der Waals surface area contributed by atoms with Crippen molar-refractivity contribution in [2.75, 3.05) is 16.0 Å². The Hall–Kier alpha value is -2.27. The molecule has 1 aliphatic heterocycles. The predicted octanol–water partition coefficient (Wildman–Crippen LogP) is 6.77. The third-order valence-corrected chi connectivity index (χ3v) is 7.06. The molecule has 1 atom stereocenters. The van der Waals surface area contributed by atoms with Gasteiger partial charge in [-0.2, -0.15) is 0 Å². The number of carbonyl (C=O) groups excluding carboxylic acids is 2. The van der Waals surface area contributed by atoms with Crippen LogP contribution < -0.4 is 10.2 Å². The van der Waals surface area contributed by atoms with Crippen LogP contribution in [0.5, 0.6) is 0 Å².